The molecule has 0 bridgehead atoms. The normalized spacial score (nSPS) is 13.1. The van der Waals surface area contributed by atoms with Crippen LogP contribution in [0, 0.1) is 19.8 Å². The van der Waals surface area contributed by atoms with Crippen molar-refractivity contribution < 1.29 is 0 Å². The maximum absolute atomic E-state index is 5.63. The van der Waals surface area contributed by atoms with E-state index in [1.165, 1.54) is 23.1 Å². The standard InChI is InChI=1S/C15H26N2/c1-12-5-6-15(14(3)9-12)11-17(4)8-7-13(2)10-16/h5-6,9,13H,7-8,10-11,16H2,1-4H3. The highest BCUT2D eigenvalue weighted by Crippen LogP contribution is 2.13. The number of nitrogens with zero attached hydrogens (tertiary/aromatic N) is 1. The highest BCUT2D eigenvalue weighted by molar-refractivity contribution is 5.30. The van der Waals surface area contributed by atoms with Gasteiger partial charge in [-0.3, -0.25) is 0 Å². The summed E-state index contributed by atoms with van der Waals surface area (Å²) < 4.78 is 0. The smallest absolute Gasteiger partial charge is 0.0233 e. The van der Waals surface area contributed by atoms with Crippen LogP contribution in [0.4, 0.5) is 0 Å². The number of nitrogens with two attached hydrogens (primary N) is 1. The minimum absolute atomic E-state index is 0.622. The van der Waals surface area contributed by atoms with Crippen LogP contribution in [0.3, 0.4) is 0 Å². The van der Waals surface area contributed by atoms with E-state index in [2.05, 4.69) is 50.9 Å². The molecular weight excluding hydrogens is 208 g/mol. The Bertz CT molecular complexity index is 347. The van der Waals surface area contributed by atoms with Crippen molar-refractivity contribution in [2.24, 2.45) is 11.7 Å². The zero-order chi connectivity index (χ0) is 12.8. The van der Waals surface area contributed by atoms with Crippen molar-refractivity contribution in [1.29, 1.82) is 0 Å². The number of aryl methyl sites for hydroxylation is 2. The van der Waals surface area contributed by atoms with Crippen LogP contribution in [-0.2, 0) is 6.54 Å². The van der Waals surface area contributed by atoms with Gasteiger partial charge in [-0.05, 0) is 57.5 Å². The summed E-state index contributed by atoms with van der Waals surface area (Å²) in [4.78, 5) is 2.38. The monoisotopic (exact) mass is 234 g/mol. The molecule has 2 N–H and O–H groups in total. The molecule has 1 rings (SSSR count). The van der Waals surface area contributed by atoms with Crippen LogP contribution in [0.25, 0.3) is 0 Å². The number of rotatable bonds is 6. The topological polar surface area (TPSA) is 29.3 Å². The fourth-order valence-electron chi connectivity index (χ4n) is 1.95. The van der Waals surface area contributed by atoms with Crippen LogP contribution < -0.4 is 5.73 Å². The van der Waals surface area contributed by atoms with Gasteiger partial charge in [0.15, 0.2) is 0 Å². The summed E-state index contributed by atoms with van der Waals surface area (Å²) in [6.07, 6.45) is 1.18. The molecule has 0 spiro atoms. The van der Waals surface area contributed by atoms with Crippen molar-refractivity contribution in [3.05, 3.63) is 34.9 Å². The van der Waals surface area contributed by atoms with Gasteiger partial charge >= 0.3 is 0 Å². The zero-order valence-corrected chi connectivity index (χ0v) is 11.7. The van der Waals surface area contributed by atoms with Crippen LogP contribution in [0.5, 0.6) is 0 Å². The second kappa shape index (κ2) is 6.77. The average molecular weight is 234 g/mol. The molecular formula is C15H26N2. The molecule has 1 aromatic carbocycles. The summed E-state index contributed by atoms with van der Waals surface area (Å²) in [5.41, 5.74) is 9.79. The van der Waals surface area contributed by atoms with Crippen LogP contribution in [-0.4, -0.2) is 25.0 Å². The van der Waals surface area contributed by atoms with Gasteiger partial charge in [0.05, 0.1) is 0 Å². The molecule has 0 aliphatic rings. The van der Waals surface area contributed by atoms with Crippen LogP contribution in [0.2, 0.25) is 0 Å². The maximum Gasteiger partial charge on any atom is 0.0233 e. The molecule has 0 heterocycles. The lowest BCUT2D eigenvalue weighted by atomic mass is 10.0. The first kappa shape index (κ1) is 14.2. The van der Waals surface area contributed by atoms with Crippen molar-refractivity contribution in [3.63, 3.8) is 0 Å². The maximum atomic E-state index is 5.63. The van der Waals surface area contributed by atoms with Crippen molar-refractivity contribution in [1.82, 2.24) is 4.90 Å². The van der Waals surface area contributed by atoms with Crippen molar-refractivity contribution in [2.75, 3.05) is 20.1 Å². The second-order valence-electron chi connectivity index (χ2n) is 5.30. The van der Waals surface area contributed by atoms with Gasteiger partial charge in [-0.25, -0.2) is 0 Å². The average Bonchev–Trinajstić information content (AvgIpc) is 2.29. The highest BCUT2D eigenvalue weighted by Gasteiger charge is 2.05. The van der Waals surface area contributed by atoms with Crippen molar-refractivity contribution in [3.8, 4) is 0 Å². The Morgan fingerprint density at radius 1 is 1.29 bits per heavy atom. The van der Waals surface area contributed by atoms with E-state index in [9.17, 15) is 0 Å². The molecule has 1 aromatic rings. The van der Waals surface area contributed by atoms with Crippen LogP contribution in [0.1, 0.15) is 30.0 Å². The first-order valence-electron chi connectivity index (χ1n) is 6.47. The molecule has 0 amide bonds. The van der Waals surface area contributed by atoms with E-state index in [-0.39, 0.29) is 0 Å². The van der Waals surface area contributed by atoms with Gasteiger partial charge in [-0.1, -0.05) is 30.7 Å². The van der Waals surface area contributed by atoms with Crippen LogP contribution >= 0.6 is 0 Å². The van der Waals surface area contributed by atoms with E-state index in [1.54, 1.807) is 0 Å². The van der Waals surface area contributed by atoms with E-state index in [1.807, 2.05) is 0 Å². The molecule has 17 heavy (non-hydrogen) atoms. The zero-order valence-electron chi connectivity index (χ0n) is 11.7. The molecule has 0 aliphatic carbocycles. The minimum Gasteiger partial charge on any atom is -0.330 e. The predicted molar refractivity (Wildman–Crippen MR) is 75.1 cm³/mol. The highest BCUT2D eigenvalue weighted by atomic mass is 15.1. The lowest BCUT2D eigenvalue weighted by Crippen LogP contribution is -2.23. The third kappa shape index (κ3) is 4.88. The van der Waals surface area contributed by atoms with E-state index < -0.39 is 0 Å². The first-order valence-corrected chi connectivity index (χ1v) is 6.47. The number of benzene rings is 1. The SMILES string of the molecule is Cc1ccc(CN(C)CCC(C)CN)c(C)c1. The third-order valence-electron chi connectivity index (χ3n) is 3.34. The van der Waals surface area contributed by atoms with E-state index in [0.717, 1.165) is 19.6 Å². The Morgan fingerprint density at radius 2 is 2.00 bits per heavy atom. The largest absolute Gasteiger partial charge is 0.330 e. The van der Waals surface area contributed by atoms with Gasteiger partial charge in [0.1, 0.15) is 0 Å². The second-order valence-corrected chi connectivity index (χ2v) is 5.30. The number of hydrogen-bond acceptors (Lipinski definition) is 2. The molecule has 0 radical (unpaired) electrons. The Balaban J connectivity index is 2.47. The molecule has 0 aliphatic heterocycles. The Kier molecular flexibility index (Phi) is 5.66. The Hall–Kier alpha value is -0.860. The fourth-order valence-corrected chi connectivity index (χ4v) is 1.95. The Morgan fingerprint density at radius 3 is 2.59 bits per heavy atom. The van der Waals surface area contributed by atoms with Gasteiger partial charge in [-0.15, -0.1) is 0 Å². The third-order valence-corrected chi connectivity index (χ3v) is 3.34. The van der Waals surface area contributed by atoms with Gasteiger partial charge < -0.3 is 10.6 Å². The van der Waals surface area contributed by atoms with Gasteiger partial charge in [0.25, 0.3) is 0 Å². The van der Waals surface area contributed by atoms with Crippen molar-refractivity contribution in [2.45, 2.75) is 33.7 Å². The Labute approximate surface area is 106 Å². The van der Waals surface area contributed by atoms with Gasteiger partial charge in [0, 0.05) is 6.54 Å². The molecule has 96 valence electrons. The molecule has 0 fully saturated rings. The summed E-state index contributed by atoms with van der Waals surface area (Å²) in [5, 5.41) is 0. The first-order chi connectivity index (χ1) is 8.02. The van der Waals surface area contributed by atoms with Crippen molar-refractivity contribution >= 4 is 0 Å². The van der Waals surface area contributed by atoms with Crippen LogP contribution in [0.15, 0.2) is 18.2 Å². The molecule has 1 atom stereocenters. The lowest BCUT2D eigenvalue weighted by Gasteiger charge is -2.20. The summed E-state index contributed by atoms with van der Waals surface area (Å²) in [5.74, 6) is 0.622. The van der Waals surface area contributed by atoms with Gasteiger partial charge in [-0.2, -0.15) is 0 Å². The summed E-state index contributed by atoms with van der Waals surface area (Å²) in [6, 6.07) is 6.69. The van der Waals surface area contributed by atoms with E-state index in [4.69, 9.17) is 5.73 Å². The molecule has 0 saturated heterocycles. The lowest BCUT2D eigenvalue weighted by molar-refractivity contribution is 0.299. The predicted octanol–water partition coefficient (Wildman–Crippen LogP) is 2.72. The van der Waals surface area contributed by atoms with E-state index >= 15 is 0 Å². The molecule has 2 nitrogen and oxygen atoms in total. The minimum atomic E-state index is 0.622. The summed E-state index contributed by atoms with van der Waals surface area (Å²) in [7, 11) is 2.18. The molecule has 0 aromatic heterocycles. The van der Waals surface area contributed by atoms with Gasteiger partial charge in [0.2, 0.25) is 0 Å². The number of hydrogen-bond donors (Lipinski definition) is 1. The fraction of sp³-hybridized carbons (Fsp3) is 0.600. The molecule has 1 unspecified atom stereocenters. The summed E-state index contributed by atoms with van der Waals surface area (Å²) >= 11 is 0. The quantitative estimate of drug-likeness (QED) is 0.820. The molecule has 2 heteroatoms. The summed E-state index contributed by atoms with van der Waals surface area (Å²) in [6.45, 7) is 9.49. The molecule has 0 saturated carbocycles. The van der Waals surface area contributed by atoms with E-state index in [0.29, 0.717) is 5.92 Å².